The first-order valence-corrected chi connectivity index (χ1v) is 8.02. The zero-order chi connectivity index (χ0) is 17.4. The van der Waals surface area contributed by atoms with E-state index in [1.54, 1.807) is 4.90 Å². The van der Waals surface area contributed by atoms with Gasteiger partial charge in [0.15, 0.2) is 0 Å². The van der Waals surface area contributed by atoms with Gasteiger partial charge in [-0.1, -0.05) is 12.1 Å². The number of nitrogens with one attached hydrogen (secondary N) is 1. The van der Waals surface area contributed by atoms with Crippen molar-refractivity contribution in [2.75, 3.05) is 19.6 Å². The van der Waals surface area contributed by atoms with Gasteiger partial charge in [0.1, 0.15) is 0 Å². The van der Waals surface area contributed by atoms with Crippen LogP contribution in [0.1, 0.15) is 30.4 Å². The largest absolute Gasteiger partial charge is 0.416 e. The van der Waals surface area contributed by atoms with Crippen molar-refractivity contribution in [1.29, 1.82) is 0 Å². The molecule has 0 bridgehead atoms. The van der Waals surface area contributed by atoms with E-state index in [2.05, 4.69) is 5.32 Å². The van der Waals surface area contributed by atoms with E-state index in [9.17, 15) is 22.8 Å². The number of benzene rings is 1. The third kappa shape index (κ3) is 3.25. The highest BCUT2D eigenvalue weighted by atomic mass is 19.4. The quantitative estimate of drug-likeness (QED) is 0.899. The highest BCUT2D eigenvalue weighted by molar-refractivity contribution is 5.86. The van der Waals surface area contributed by atoms with E-state index in [4.69, 9.17) is 0 Å². The van der Waals surface area contributed by atoms with Crippen LogP contribution in [0.15, 0.2) is 24.3 Å². The monoisotopic (exact) mass is 340 g/mol. The first-order chi connectivity index (χ1) is 11.3. The number of amides is 2. The Labute approximate surface area is 138 Å². The fourth-order valence-corrected chi connectivity index (χ4v) is 3.50. The molecule has 1 unspecified atom stereocenters. The highest BCUT2D eigenvalue weighted by Crippen LogP contribution is 2.37. The molecular formula is C17H19F3N2O2. The molecule has 1 N–H and O–H groups in total. The molecule has 24 heavy (non-hydrogen) atoms. The van der Waals surface area contributed by atoms with Gasteiger partial charge in [-0.3, -0.25) is 9.59 Å². The molecule has 1 spiro atoms. The van der Waals surface area contributed by atoms with Gasteiger partial charge in [0, 0.05) is 19.6 Å². The molecule has 1 atom stereocenters. The van der Waals surface area contributed by atoms with Crippen LogP contribution in [-0.4, -0.2) is 36.3 Å². The second-order valence-electron chi connectivity index (χ2n) is 6.58. The van der Waals surface area contributed by atoms with Crippen molar-refractivity contribution >= 4 is 11.8 Å². The van der Waals surface area contributed by atoms with Crippen molar-refractivity contribution in [2.24, 2.45) is 5.41 Å². The SMILES string of the molecule is O=C(Cc1ccc(C(F)(F)F)cc1)N1CCC2(CCCNC2=O)C1. The molecule has 2 aliphatic heterocycles. The highest BCUT2D eigenvalue weighted by Gasteiger charge is 2.46. The number of carbonyl (C=O) groups is 2. The summed E-state index contributed by atoms with van der Waals surface area (Å²) in [6.07, 6.45) is -1.98. The van der Waals surface area contributed by atoms with Crippen LogP contribution in [0.4, 0.5) is 13.2 Å². The summed E-state index contributed by atoms with van der Waals surface area (Å²) in [5.74, 6) is -0.136. The molecule has 3 rings (SSSR count). The third-order valence-corrected chi connectivity index (χ3v) is 4.94. The molecule has 130 valence electrons. The molecule has 1 aromatic carbocycles. The first kappa shape index (κ1) is 16.8. The Hall–Kier alpha value is -2.05. The summed E-state index contributed by atoms with van der Waals surface area (Å²) in [5.41, 5.74) is -0.659. The number of piperidine rings is 1. The van der Waals surface area contributed by atoms with Gasteiger partial charge in [-0.05, 0) is 37.0 Å². The van der Waals surface area contributed by atoms with Crippen LogP contribution in [0, 0.1) is 5.41 Å². The van der Waals surface area contributed by atoms with E-state index in [0.29, 0.717) is 31.6 Å². The molecule has 7 heteroatoms. The summed E-state index contributed by atoms with van der Waals surface area (Å²) < 4.78 is 37.7. The second-order valence-corrected chi connectivity index (χ2v) is 6.58. The summed E-state index contributed by atoms with van der Waals surface area (Å²) >= 11 is 0. The summed E-state index contributed by atoms with van der Waals surface area (Å²) in [7, 11) is 0. The van der Waals surface area contributed by atoms with Gasteiger partial charge in [0.05, 0.1) is 17.4 Å². The molecule has 0 saturated carbocycles. The molecule has 2 fully saturated rings. The Kier molecular flexibility index (Phi) is 4.27. The Morgan fingerprint density at radius 1 is 1.21 bits per heavy atom. The Bertz CT molecular complexity index is 642. The zero-order valence-electron chi connectivity index (χ0n) is 13.2. The molecule has 2 aliphatic rings. The molecule has 0 radical (unpaired) electrons. The number of rotatable bonds is 2. The minimum atomic E-state index is -4.38. The summed E-state index contributed by atoms with van der Waals surface area (Å²) in [5, 5.41) is 2.86. The normalized spacial score (nSPS) is 24.3. The predicted molar refractivity (Wildman–Crippen MR) is 81.0 cm³/mol. The maximum absolute atomic E-state index is 12.6. The van der Waals surface area contributed by atoms with E-state index >= 15 is 0 Å². The summed E-state index contributed by atoms with van der Waals surface area (Å²) in [4.78, 5) is 26.2. The maximum Gasteiger partial charge on any atom is 0.416 e. The minimum absolute atomic E-state index is 0.0126. The number of halogens is 3. The smallest absolute Gasteiger partial charge is 0.356 e. The molecule has 2 saturated heterocycles. The second kappa shape index (κ2) is 6.11. The lowest BCUT2D eigenvalue weighted by molar-refractivity contribution is -0.137. The predicted octanol–water partition coefficient (Wildman–Crippen LogP) is 2.38. The van der Waals surface area contributed by atoms with E-state index in [1.165, 1.54) is 12.1 Å². The van der Waals surface area contributed by atoms with Crippen molar-refractivity contribution in [1.82, 2.24) is 10.2 Å². The average molecular weight is 340 g/mol. The Balaban J connectivity index is 1.63. The van der Waals surface area contributed by atoms with E-state index in [1.807, 2.05) is 0 Å². The summed E-state index contributed by atoms with van der Waals surface area (Å²) in [6.45, 7) is 1.60. The lowest BCUT2D eigenvalue weighted by Crippen LogP contribution is -2.48. The Morgan fingerprint density at radius 3 is 2.54 bits per heavy atom. The standard InChI is InChI=1S/C17H19F3N2O2/c18-17(19,20)13-4-2-12(3-5-13)10-14(23)22-9-7-16(11-22)6-1-8-21-15(16)24/h2-5H,1,6-11H2,(H,21,24). The minimum Gasteiger partial charge on any atom is -0.356 e. The van der Waals surface area contributed by atoms with Gasteiger partial charge in [-0.2, -0.15) is 13.2 Å². The maximum atomic E-state index is 12.6. The fraction of sp³-hybridized carbons (Fsp3) is 0.529. The molecule has 0 aliphatic carbocycles. The topological polar surface area (TPSA) is 49.4 Å². The average Bonchev–Trinajstić information content (AvgIpc) is 2.95. The van der Waals surface area contributed by atoms with E-state index in [-0.39, 0.29) is 18.2 Å². The van der Waals surface area contributed by atoms with Gasteiger partial charge in [-0.15, -0.1) is 0 Å². The number of hydrogen-bond donors (Lipinski definition) is 1. The van der Waals surface area contributed by atoms with Crippen molar-refractivity contribution in [3.8, 4) is 0 Å². The van der Waals surface area contributed by atoms with Crippen molar-refractivity contribution in [3.63, 3.8) is 0 Å². The van der Waals surface area contributed by atoms with Crippen LogP contribution in [-0.2, 0) is 22.2 Å². The van der Waals surface area contributed by atoms with Crippen LogP contribution in [0.25, 0.3) is 0 Å². The molecule has 2 heterocycles. The number of carbonyl (C=O) groups excluding carboxylic acids is 2. The number of hydrogen-bond acceptors (Lipinski definition) is 2. The number of alkyl halides is 3. The molecule has 1 aromatic rings. The fourth-order valence-electron chi connectivity index (χ4n) is 3.50. The van der Waals surface area contributed by atoms with Crippen molar-refractivity contribution in [2.45, 2.75) is 31.9 Å². The molecule has 2 amide bonds. The van der Waals surface area contributed by atoms with Gasteiger partial charge >= 0.3 is 6.18 Å². The van der Waals surface area contributed by atoms with Crippen molar-refractivity contribution in [3.05, 3.63) is 35.4 Å². The van der Waals surface area contributed by atoms with Gasteiger partial charge in [-0.25, -0.2) is 0 Å². The van der Waals surface area contributed by atoms with Gasteiger partial charge < -0.3 is 10.2 Å². The lowest BCUT2D eigenvalue weighted by atomic mass is 9.79. The van der Waals surface area contributed by atoms with Gasteiger partial charge in [0.2, 0.25) is 11.8 Å². The van der Waals surface area contributed by atoms with Crippen LogP contribution in [0.2, 0.25) is 0 Å². The Morgan fingerprint density at radius 2 is 1.92 bits per heavy atom. The van der Waals surface area contributed by atoms with Crippen LogP contribution in [0.5, 0.6) is 0 Å². The van der Waals surface area contributed by atoms with E-state index in [0.717, 1.165) is 25.0 Å². The van der Waals surface area contributed by atoms with Crippen molar-refractivity contribution < 1.29 is 22.8 Å². The van der Waals surface area contributed by atoms with E-state index < -0.39 is 17.2 Å². The third-order valence-electron chi connectivity index (χ3n) is 4.94. The van der Waals surface area contributed by atoms with Crippen LogP contribution in [0.3, 0.4) is 0 Å². The summed E-state index contributed by atoms with van der Waals surface area (Å²) in [6, 6.07) is 4.64. The first-order valence-electron chi connectivity index (χ1n) is 8.02. The van der Waals surface area contributed by atoms with Crippen LogP contribution >= 0.6 is 0 Å². The molecule has 0 aromatic heterocycles. The van der Waals surface area contributed by atoms with Crippen LogP contribution < -0.4 is 5.32 Å². The number of likely N-dealkylation sites (tertiary alicyclic amines) is 1. The number of nitrogens with zero attached hydrogens (tertiary/aromatic N) is 1. The zero-order valence-corrected chi connectivity index (χ0v) is 13.2. The van der Waals surface area contributed by atoms with Gasteiger partial charge in [0.25, 0.3) is 0 Å². The molecule has 4 nitrogen and oxygen atoms in total. The molecular weight excluding hydrogens is 321 g/mol. The lowest BCUT2D eigenvalue weighted by Gasteiger charge is -2.32.